The quantitative estimate of drug-likeness (QED) is 0.354. The number of Topliss-reactive ketones (excluding diaryl/α,β-unsaturated/α-hetero) is 1. The highest BCUT2D eigenvalue weighted by atomic mass is 16.6. The van der Waals surface area contributed by atoms with Crippen molar-refractivity contribution >= 4 is 11.9 Å². The van der Waals surface area contributed by atoms with Crippen LogP contribution in [0.1, 0.15) is 62.4 Å². The van der Waals surface area contributed by atoms with Gasteiger partial charge in [0.25, 0.3) is 0 Å². The van der Waals surface area contributed by atoms with Crippen molar-refractivity contribution in [3.05, 3.63) is 48.0 Å². The molecule has 1 aromatic rings. The zero-order chi connectivity index (χ0) is 19.4. The molecule has 144 valence electrons. The first-order valence-corrected chi connectivity index (χ1v) is 9.10. The number of carbonyl (C=O) groups excluding carboxylic acids is 2. The van der Waals surface area contributed by atoms with Crippen molar-refractivity contribution in [1.82, 2.24) is 5.32 Å². The van der Waals surface area contributed by atoms with Gasteiger partial charge in [0.15, 0.2) is 5.78 Å². The summed E-state index contributed by atoms with van der Waals surface area (Å²) in [7, 11) is 0. The predicted octanol–water partition coefficient (Wildman–Crippen LogP) is 4.66. The Balaban J connectivity index is 2.28. The average Bonchev–Trinajstić information content (AvgIpc) is 2.57. The number of hydrogen-bond acceptors (Lipinski definition) is 4. The van der Waals surface area contributed by atoms with E-state index in [0.717, 1.165) is 30.4 Å². The summed E-state index contributed by atoms with van der Waals surface area (Å²) in [5, 5.41) is 2.73. The normalized spacial score (nSPS) is 11.0. The van der Waals surface area contributed by atoms with Gasteiger partial charge in [0.1, 0.15) is 5.60 Å². The van der Waals surface area contributed by atoms with Crippen molar-refractivity contribution in [1.29, 1.82) is 0 Å². The third-order valence-corrected chi connectivity index (χ3v) is 3.56. The predicted molar refractivity (Wildman–Crippen MR) is 103 cm³/mol. The zero-order valence-corrected chi connectivity index (χ0v) is 16.2. The zero-order valence-electron chi connectivity index (χ0n) is 16.2. The highest BCUT2D eigenvalue weighted by molar-refractivity contribution is 5.97. The third-order valence-electron chi connectivity index (χ3n) is 3.56. The number of unbranched alkanes of at least 4 members (excludes halogenated alkanes) is 2. The minimum atomic E-state index is -0.487. The molecule has 0 heterocycles. The van der Waals surface area contributed by atoms with Crippen LogP contribution in [0.15, 0.2) is 36.9 Å². The fraction of sp³-hybridized carbons (Fsp3) is 0.524. The molecule has 0 aliphatic heterocycles. The Labute approximate surface area is 156 Å². The second-order valence-corrected chi connectivity index (χ2v) is 7.12. The summed E-state index contributed by atoms with van der Waals surface area (Å²) in [6.45, 7) is 10.5. The number of carbonyl (C=O) groups is 2. The molecule has 0 spiro atoms. The van der Waals surface area contributed by atoms with E-state index in [-0.39, 0.29) is 5.78 Å². The van der Waals surface area contributed by atoms with E-state index in [2.05, 4.69) is 11.9 Å². The van der Waals surface area contributed by atoms with Gasteiger partial charge in [0, 0.05) is 18.5 Å². The van der Waals surface area contributed by atoms with Gasteiger partial charge in [-0.3, -0.25) is 4.79 Å². The highest BCUT2D eigenvalue weighted by Gasteiger charge is 2.15. The lowest BCUT2D eigenvalue weighted by molar-refractivity contribution is 0.0526. The maximum Gasteiger partial charge on any atom is 0.407 e. The fourth-order valence-electron chi connectivity index (χ4n) is 2.40. The summed E-state index contributed by atoms with van der Waals surface area (Å²) in [6, 6.07) is 7.54. The lowest BCUT2D eigenvalue weighted by Gasteiger charge is -2.19. The van der Waals surface area contributed by atoms with Gasteiger partial charge in [-0.25, -0.2) is 4.79 Å². The largest absolute Gasteiger partial charge is 0.444 e. The summed E-state index contributed by atoms with van der Waals surface area (Å²) in [5.74, 6) is 0.128. The first-order chi connectivity index (χ1) is 12.3. The summed E-state index contributed by atoms with van der Waals surface area (Å²) in [4.78, 5) is 24.0. The molecule has 0 aromatic heterocycles. The molecular weight excluding hydrogens is 330 g/mol. The van der Waals surface area contributed by atoms with Gasteiger partial charge in [-0.1, -0.05) is 36.8 Å². The molecule has 0 aliphatic rings. The second-order valence-electron chi connectivity index (χ2n) is 7.12. The van der Waals surface area contributed by atoms with Crippen LogP contribution in [0, 0.1) is 0 Å². The SMILES string of the molecule is C=CCOCc1ccccc1C(=O)CCCCCNC(=O)OC(C)(C)C. The van der Waals surface area contributed by atoms with E-state index in [4.69, 9.17) is 9.47 Å². The topological polar surface area (TPSA) is 64.6 Å². The van der Waals surface area contributed by atoms with Gasteiger partial charge < -0.3 is 14.8 Å². The van der Waals surface area contributed by atoms with Crippen LogP contribution >= 0.6 is 0 Å². The number of ketones is 1. The van der Waals surface area contributed by atoms with Crippen molar-refractivity contribution in [2.75, 3.05) is 13.2 Å². The van der Waals surface area contributed by atoms with Crippen LogP contribution in [0.2, 0.25) is 0 Å². The molecule has 0 aliphatic carbocycles. The molecule has 5 nitrogen and oxygen atoms in total. The van der Waals surface area contributed by atoms with Crippen LogP contribution in [0.5, 0.6) is 0 Å². The fourth-order valence-corrected chi connectivity index (χ4v) is 2.40. The Morgan fingerprint density at radius 1 is 1.15 bits per heavy atom. The van der Waals surface area contributed by atoms with Crippen molar-refractivity contribution in [3.63, 3.8) is 0 Å². The molecular formula is C21H31NO4. The Morgan fingerprint density at radius 2 is 1.88 bits per heavy atom. The average molecular weight is 361 g/mol. The molecule has 26 heavy (non-hydrogen) atoms. The van der Waals surface area contributed by atoms with Crippen LogP contribution in [-0.2, 0) is 16.1 Å². The smallest absolute Gasteiger partial charge is 0.407 e. The molecule has 0 radical (unpaired) electrons. The summed E-state index contributed by atoms with van der Waals surface area (Å²) >= 11 is 0. The van der Waals surface area contributed by atoms with E-state index in [1.807, 2.05) is 45.0 Å². The van der Waals surface area contributed by atoms with E-state index in [1.165, 1.54) is 0 Å². The maximum atomic E-state index is 12.4. The Hall–Kier alpha value is -2.14. The van der Waals surface area contributed by atoms with Crippen LogP contribution < -0.4 is 5.32 Å². The second kappa shape index (κ2) is 11.5. The number of benzene rings is 1. The number of ether oxygens (including phenoxy) is 2. The van der Waals surface area contributed by atoms with Gasteiger partial charge in [0.2, 0.25) is 0 Å². The van der Waals surface area contributed by atoms with Crippen molar-refractivity contribution in [3.8, 4) is 0 Å². The Kier molecular flexibility index (Phi) is 9.66. The molecule has 0 unspecified atom stereocenters. The van der Waals surface area contributed by atoms with Gasteiger partial charge >= 0.3 is 6.09 Å². The van der Waals surface area contributed by atoms with Crippen molar-refractivity contribution in [2.45, 2.75) is 58.7 Å². The lowest BCUT2D eigenvalue weighted by atomic mass is 10.00. The molecule has 1 aromatic carbocycles. The number of rotatable bonds is 11. The molecule has 0 atom stereocenters. The highest BCUT2D eigenvalue weighted by Crippen LogP contribution is 2.15. The van der Waals surface area contributed by atoms with Crippen LogP contribution in [0.3, 0.4) is 0 Å². The summed E-state index contributed by atoms with van der Waals surface area (Å²) in [6.07, 6.45) is 4.26. The van der Waals surface area contributed by atoms with Gasteiger partial charge in [-0.2, -0.15) is 0 Å². The minimum Gasteiger partial charge on any atom is -0.444 e. The molecule has 5 heteroatoms. The summed E-state index contributed by atoms with van der Waals surface area (Å²) in [5.41, 5.74) is 1.15. The monoisotopic (exact) mass is 361 g/mol. The molecule has 1 N–H and O–H groups in total. The van der Waals surface area contributed by atoms with Crippen LogP contribution in [0.4, 0.5) is 4.79 Å². The number of amides is 1. The molecule has 0 saturated carbocycles. The van der Waals surface area contributed by atoms with Gasteiger partial charge in [-0.05, 0) is 39.2 Å². The number of alkyl carbamates (subject to hydrolysis) is 1. The van der Waals surface area contributed by atoms with E-state index in [0.29, 0.717) is 26.2 Å². The van der Waals surface area contributed by atoms with E-state index in [1.54, 1.807) is 6.08 Å². The number of hydrogen-bond donors (Lipinski definition) is 1. The third kappa shape index (κ3) is 9.37. The molecule has 0 saturated heterocycles. The van der Waals surface area contributed by atoms with E-state index < -0.39 is 11.7 Å². The van der Waals surface area contributed by atoms with Crippen molar-refractivity contribution < 1.29 is 19.1 Å². The van der Waals surface area contributed by atoms with Crippen molar-refractivity contribution in [2.24, 2.45) is 0 Å². The van der Waals surface area contributed by atoms with E-state index in [9.17, 15) is 9.59 Å². The van der Waals surface area contributed by atoms with Gasteiger partial charge in [-0.15, -0.1) is 6.58 Å². The molecule has 0 bridgehead atoms. The van der Waals surface area contributed by atoms with Crippen LogP contribution in [0.25, 0.3) is 0 Å². The lowest BCUT2D eigenvalue weighted by Crippen LogP contribution is -2.32. The summed E-state index contributed by atoms with van der Waals surface area (Å²) < 4.78 is 10.6. The first-order valence-electron chi connectivity index (χ1n) is 9.10. The van der Waals surface area contributed by atoms with E-state index >= 15 is 0 Å². The number of nitrogens with one attached hydrogen (secondary N) is 1. The Bertz CT molecular complexity index is 590. The molecule has 1 amide bonds. The molecule has 0 fully saturated rings. The minimum absolute atomic E-state index is 0.128. The van der Waals surface area contributed by atoms with Gasteiger partial charge in [0.05, 0.1) is 13.2 Å². The first kappa shape index (κ1) is 21.9. The maximum absolute atomic E-state index is 12.4. The molecule has 1 rings (SSSR count). The van der Waals surface area contributed by atoms with Crippen LogP contribution in [-0.4, -0.2) is 30.6 Å². The Morgan fingerprint density at radius 3 is 2.58 bits per heavy atom. The standard InChI is InChI=1S/C21H31NO4/c1-5-15-25-16-17-11-8-9-12-18(17)19(23)13-7-6-10-14-22-20(24)26-21(2,3)4/h5,8-9,11-12H,1,6-7,10,13-16H2,2-4H3,(H,22,24).